The Labute approximate surface area is 210 Å². The molecule has 1 saturated carbocycles. The third-order valence-electron chi connectivity index (χ3n) is 6.97. The van der Waals surface area contributed by atoms with Crippen LogP contribution in [-0.2, 0) is 6.54 Å². The number of carbonyl (C=O) groups is 1. The highest BCUT2D eigenvalue weighted by atomic mass is 35.5. The second-order valence-corrected chi connectivity index (χ2v) is 9.93. The van der Waals surface area contributed by atoms with Gasteiger partial charge < -0.3 is 9.80 Å². The SMILES string of the molecule is O=C(c1ccc(Cl)cc1)N(Cc1cccc(-c2ccc3ncnc(N4CCCC4)c3c2)c1)C1CC1. The van der Waals surface area contributed by atoms with E-state index in [4.69, 9.17) is 11.6 Å². The lowest BCUT2D eigenvalue weighted by Crippen LogP contribution is -2.32. The number of hydrogen-bond donors (Lipinski definition) is 0. The molecular formula is C29H27ClN4O. The van der Waals surface area contributed by atoms with Crippen LogP contribution in [0.2, 0.25) is 5.02 Å². The van der Waals surface area contributed by atoms with E-state index in [9.17, 15) is 4.79 Å². The highest BCUT2D eigenvalue weighted by molar-refractivity contribution is 6.30. The minimum atomic E-state index is 0.0627. The molecule has 0 bridgehead atoms. The van der Waals surface area contributed by atoms with Crippen molar-refractivity contribution < 1.29 is 4.79 Å². The van der Waals surface area contributed by atoms with Crippen molar-refractivity contribution in [3.8, 4) is 11.1 Å². The summed E-state index contributed by atoms with van der Waals surface area (Å²) >= 11 is 6.02. The fourth-order valence-electron chi connectivity index (χ4n) is 4.96. The van der Waals surface area contributed by atoms with Gasteiger partial charge in [-0.25, -0.2) is 9.97 Å². The molecule has 0 spiro atoms. The Kier molecular flexibility index (Phi) is 5.86. The van der Waals surface area contributed by atoms with Gasteiger partial charge in [-0.3, -0.25) is 4.79 Å². The third kappa shape index (κ3) is 4.61. The van der Waals surface area contributed by atoms with Gasteiger partial charge in [-0.2, -0.15) is 0 Å². The van der Waals surface area contributed by atoms with E-state index in [1.807, 2.05) is 17.0 Å². The predicted molar refractivity (Wildman–Crippen MR) is 141 cm³/mol. The summed E-state index contributed by atoms with van der Waals surface area (Å²) < 4.78 is 0. The molecule has 1 aliphatic heterocycles. The second-order valence-electron chi connectivity index (χ2n) is 9.49. The number of fused-ring (bicyclic) bond motifs is 1. The predicted octanol–water partition coefficient (Wildman–Crippen LogP) is 6.36. The van der Waals surface area contributed by atoms with Crippen LogP contribution in [0.4, 0.5) is 5.82 Å². The number of benzene rings is 3. The molecule has 0 radical (unpaired) electrons. The van der Waals surface area contributed by atoms with Crippen LogP contribution in [0.15, 0.2) is 73.1 Å². The van der Waals surface area contributed by atoms with E-state index in [-0.39, 0.29) is 5.91 Å². The summed E-state index contributed by atoms with van der Waals surface area (Å²) in [5.41, 5.74) is 5.05. The van der Waals surface area contributed by atoms with Crippen LogP contribution in [0.1, 0.15) is 41.6 Å². The zero-order chi connectivity index (χ0) is 23.8. The molecule has 2 aliphatic rings. The number of aromatic nitrogens is 2. The topological polar surface area (TPSA) is 49.3 Å². The zero-order valence-corrected chi connectivity index (χ0v) is 20.3. The van der Waals surface area contributed by atoms with Gasteiger partial charge in [-0.1, -0.05) is 35.9 Å². The first kappa shape index (κ1) is 22.1. The Morgan fingerprint density at radius 2 is 1.71 bits per heavy atom. The van der Waals surface area contributed by atoms with Crippen molar-refractivity contribution >= 4 is 34.2 Å². The molecule has 5 nitrogen and oxygen atoms in total. The molecule has 3 aromatic carbocycles. The monoisotopic (exact) mass is 482 g/mol. The average Bonchev–Trinajstić information content (AvgIpc) is 3.59. The number of anilines is 1. The fourth-order valence-corrected chi connectivity index (χ4v) is 5.09. The average molecular weight is 483 g/mol. The second kappa shape index (κ2) is 9.31. The first-order valence-electron chi connectivity index (χ1n) is 12.3. The summed E-state index contributed by atoms with van der Waals surface area (Å²) in [6, 6.07) is 22.4. The molecule has 0 N–H and O–H groups in total. The lowest BCUT2D eigenvalue weighted by molar-refractivity contribution is 0.0730. The Morgan fingerprint density at radius 3 is 2.49 bits per heavy atom. The highest BCUT2D eigenvalue weighted by Crippen LogP contribution is 2.33. The lowest BCUT2D eigenvalue weighted by atomic mass is 10.0. The van der Waals surface area contributed by atoms with Gasteiger partial charge in [0.15, 0.2) is 0 Å². The lowest BCUT2D eigenvalue weighted by Gasteiger charge is -2.23. The summed E-state index contributed by atoms with van der Waals surface area (Å²) in [6.07, 6.45) is 6.20. The van der Waals surface area contributed by atoms with E-state index in [1.165, 1.54) is 12.8 Å². The van der Waals surface area contributed by atoms with Gasteiger partial charge in [0.2, 0.25) is 0 Å². The van der Waals surface area contributed by atoms with Crippen LogP contribution < -0.4 is 4.90 Å². The number of nitrogens with zero attached hydrogens (tertiary/aromatic N) is 4. The smallest absolute Gasteiger partial charge is 0.254 e. The summed E-state index contributed by atoms with van der Waals surface area (Å²) in [5, 5.41) is 1.73. The molecule has 2 heterocycles. The van der Waals surface area contributed by atoms with E-state index in [0.717, 1.165) is 59.3 Å². The Hall–Kier alpha value is -3.44. The zero-order valence-electron chi connectivity index (χ0n) is 19.5. The Morgan fingerprint density at radius 1 is 0.943 bits per heavy atom. The number of halogens is 1. The number of amides is 1. The normalized spacial score (nSPS) is 15.5. The number of carbonyl (C=O) groups excluding carboxylic acids is 1. The summed E-state index contributed by atoms with van der Waals surface area (Å²) in [5.74, 6) is 1.09. The molecule has 1 saturated heterocycles. The molecule has 1 aromatic heterocycles. The largest absolute Gasteiger partial charge is 0.356 e. The minimum absolute atomic E-state index is 0.0627. The quantitative estimate of drug-likeness (QED) is 0.321. The van der Waals surface area contributed by atoms with Crippen LogP contribution in [0.3, 0.4) is 0 Å². The molecule has 176 valence electrons. The molecule has 1 aliphatic carbocycles. The summed E-state index contributed by atoms with van der Waals surface area (Å²) in [7, 11) is 0. The Bertz CT molecular complexity index is 1380. The van der Waals surface area contributed by atoms with Crippen molar-refractivity contribution in [2.75, 3.05) is 18.0 Å². The molecular weight excluding hydrogens is 456 g/mol. The van der Waals surface area contributed by atoms with Crippen LogP contribution in [-0.4, -0.2) is 39.9 Å². The minimum Gasteiger partial charge on any atom is -0.356 e. The summed E-state index contributed by atoms with van der Waals surface area (Å²) in [6.45, 7) is 2.69. The van der Waals surface area contributed by atoms with Gasteiger partial charge in [0.25, 0.3) is 5.91 Å². The van der Waals surface area contributed by atoms with Crippen molar-refractivity contribution in [3.63, 3.8) is 0 Å². The molecule has 35 heavy (non-hydrogen) atoms. The van der Waals surface area contributed by atoms with E-state index in [0.29, 0.717) is 23.2 Å². The molecule has 6 rings (SSSR count). The van der Waals surface area contributed by atoms with Crippen LogP contribution in [0.5, 0.6) is 0 Å². The maximum absolute atomic E-state index is 13.3. The standard InChI is InChI=1S/C29H27ClN4O/c30-24-9-6-21(7-10-24)29(35)34(25-11-12-25)18-20-4-3-5-22(16-20)23-8-13-27-26(17-23)28(32-19-31-27)33-14-1-2-15-33/h3-10,13,16-17,19,25H,1-2,11-12,14-15,18H2. The van der Waals surface area contributed by atoms with Crippen LogP contribution in [0, 0.1) is 0 Å². The number of rotatable bonds is 6. The van der Waals surface area contributed by atoms with E-state index >= 15 is 0 Å². The molecule has 4 aromatic rings. The third-order valence-corrected chi connectivity index (χ3v) is 7.22. The highest BCUT2D eigenvalue weighted by Gasteiger charge is 2.33. The van der Waals surface area contributed by atoms with Crippen molar-refractivity contribution in [1.82, 2.24) is 14.9 Å². The first-order valence-corrected chi connectivity index (χ1v) is 12.7. The van der Waals surface area contributed by atoms with Crippen molar-refractivity contribution in [2.45, 2.75) is 38.3 Å². The molecule has 6 heteroatoms. The van der Waals surface area contributed by atoms with E-state index < -0.39 is 0 Å². The van der Waals surface area contributed by atoms with Gasteiger partial charge in [0.05, 0.1) is 5.52 Å². The van der Waals surface area contributed by atoms with Gasteiger partial charge in [0.1, 0.15) is 12.1 Å². The maximum atomic E-state index is 13.3. The number of hydrogen-bond acceptors (Lipinski definition) is 4. The summed E-state index contributed by atoms with van der Waals surface area (Å²) in [4.78, 5) is 26.8. The van der Waals surface area contributed by atoms with Crippen molar-refractivity contribution in [2.24, 2.45) is 0 Å². The van der Waals surface area contributed by atoms with Gasteiger partial charge in [0, 0.05) is 41.6 Å². The van der Waals surface area contributed by atoms with Crippen molar-refractivity contribution in [3.05, 3.63) is 89.2 Å². The molecule has 0 unspecified atom stereocenters. The van der Waals surface area contributed by atoms with Crippen molar-refractivity contribution in [1.29, 1.82) is 0 Å². The van der Waals surface area contributed by atoms with Crippen LogP contribution >= 0.6 is 11.6 Å². The molecule has 1 amide bonds. The van der Waals surface area contributed by atoms with Crippen LogP contribution in [0.25, 0.3) is 22.0 Å². The molecule has 0 atom stereocenters. The van der Waals surface area contributed by atoms with Gasteiger partial charge >= 0.3 is 0 Å². The van der Waals surface area contributed by atoms with E-state index in [1.54, 1.807) is 18.5 Å². The van der Waals surface area contributed by atoms with E-state index in [2.05, 4.69) is 57.3 Å². The fraction of sp³-hybridized carbons (Fsp3) is 0.276. The molecule has 2 fully saturated rings. The first-order chi connectivity index (χ1) is 17.2. The Balaban J connectivity index is 1.30. The maximum Gasteiger partial charge on any atom is 0.254 e. The van der Waals surface area contributed by atoms with Gasteiger partial charge in [-0.15, -0.1) is 0 Å². The van der Waals surface area contributed by atoms with Gasteiger partial charge in [-0.05, 0) is 84.8 Å².